The van der Waals surface area contributed by atoms with Crippen LogP contribution in [0.2, 0.25) is 0 Å². The van der Waals surface area contributed by atoms with Crippen molar-refractivity contribution in [2.45, 2.75) is 19.0 Å². The first-order valence-electron chi connectivity index (χ1n) is 6.45. The molecule has 7 heteroatoms. The second kappa shape index (κ2) is 4.99. The van der Waals surface area contributed by atoms with Crippen molar-refractivity contribution in [3.63, 3.8) is 0 Å². The molecule has 1 aliphatic heterocycles. The molecule has 1 aliphatic rings. The fourth-order valence-electron chi connectivity index (χ4n) is 2.42. The molecule has 0 aliphatic carbocycles. The summed E-state index contributed by atoms with van der Waals surface area (Å²) in [7, 11) is -2.90. The number of H-pyrrole nitrogens is 1. The lowest BCUT2D eigenvalue weighted by molar-refractivity contribution is 0.542. The molecule has 1 fully saturated rings. The van der Waals surface area contributed by atoms with E-state index in [2.05, 4.69) is 15.3 Å². The molecule has 106 valence electrons. The second-order valence-electron chi connectivity index (χ2n) is 5.01. The highest BCUT2D eigenvalue weighted by atomic mass is 32.2. The van der Waals surface area contributed by atoms with Crippen molar-refractivity contribution in [2.24, 2.45) is 0 Å². The first-order chi connectivity index (χ1) is 9.53. The van der Waals surface area contributed by atoms with Crippen molar-refractivity contribution in [3.05, 3.63) is 40.4 Å². The van der Waals surface area contributed by atoms with Crippen LogP contribution < -0.4 is 10.9 Å². The molecule has 1 aromatic heterocycles. The largest absolute Gasteiger partial charge is 0.309 e. The molecule has 2 N–H and O–H groups in total. The normalized spacial score (nSPS) is 21.3. The summed E-state index contributed by atoms with van der Waals surface area (Å²) in [5.41, 5.74) is 0.471. The fraction of sp³-hybridized carbons (Fsp3) is 0.385. The van der Waals surface area contributed by atoms with E-state index in [1.165, 1.54) is 0 Å². The van der Waals surface area contributed by atoms with Crippen molar-refractivity contribution in [2.75, 3.05) is 11.5 Å². The van der Waals surface area contributed by atoms with Crippen LogP contribution in [0, 0.1) is 0 Å². The SMILES string of the molecule is O=c1[nH]c(CNC2CCS(=O)(=O)C2)nc2ccccc12. The van der Waals surface area contributed by atoms with Gasteiger partial charge in [0.05, 0.1) is 29.0 Å². The van der Waals surface area contributed by atoms with Gasteiger partial charge in [-0.15, -0.1) is 0 Å². The van der Waals surface area contributed by atoms with Gasteiger partial charge in [-0.3, -0.25) is 4.79 Å². The number of rotatable bonds is 3. The predicted molar refractivity (Wildman–Crippen MR) is 76.3 cm³/mol. The highest BCUT2D eigenvalue weighted by Gasteiger charge is 2.27. The Morgan fingerprint density at radius 2 is 2.15 bits per heavy atom. The van der Waals surface area contributed by atoms with Gasteiger partial charge in [-0.1, -0.05) is 12.1 Å². The third-order valence-electron chi connectivity index (χ3n) is 3.45. The molecule has 1 saturated heterocycles. The van der Waals surface area contributed by atoms with Gasteiger partial charge in [-0.2, -0.15) is 0 Å². The summed E-state index contributed by atoms with van der Waals surface area (Å²) in [5.74, 6) is 0.912. The van der Waals surface area contributed by atoms with Crippen LogP contribution in [0.3, 0.4) is 0 Å². The zero-order valence-electron chi connectivity index (χ0n) is 10.8. The summed E-state index contributed by atoms with van der Waals surface area (Å²) in [6.07, 6.45) is 0.611. The maximum atomic E-state index is 11.9. The van der Waals surface area contributed by atoms with Crippen molar-refractivity contribution in [1.82, 2.24) is 15.3 Å². The van der Waals surface area contributed by atoms with E-state index in [1.54, 1.807) is 18.2 Å². The number of hydrogen-bond acceptors (Lipinski definition) is 5. The number of para-hydroxylation sites is 1. The van der Waals surface area contributed by atoms with E-state index in [1.807, 2.05) is 6.07 Å². The molecule has 0 bridgehead atoms. The Bertz CT molecular complexity index is 798. The van der Waals surface area contributed by atoms with Crippen LogP contribution in [0.1, 0.15) is 12.2 Å². The topological polar surface area (TPSA) is 91.9 Å². The summed E-state index contributed by atoms with van der Waals surface area (Å²) in [6, 6.07) is 7.07. The van der Waals surface area contributed by atoms with E-state index >= 15 is 0 Å². The summed E-state index contributed by atoms with van der Waals surface area (Å²) in [5, 5.41) is 3.69. The molecule has 0 spiro atoms. The molecule has 1 aromatic carbocycles. The number of nitrogens with one attached hydrogen (secondary N) is 2. The molecule has 3 rings (SSSR count). The van der Waals surface area contributed by atoms with Gasteiger partial charge in [0.25, 0.3) is 5.56 Å². The average molecular weight is 293 g/mol. The van der Waals surface area contributed by atoms with E-state index in [0.29, 0.717) is 29.7 Å². The van der Waals surface area contributed by atoms with Crippen molar-refractivity contribution in [3.8, 4) is 0 Å². The first-order valence-corrected chi connectivity index (χ1v) is 8.27. The van der Waals surface area contributed by atoms with Crippen molar-refractivity contribution in [1.29, 1.82) is 0 Å². The molecule has 0 saturated carbocycles. The number of fused-ring (bicyclic) bond motifs is 1. The predicted octanol–water partition coefficient (Wildman–Crippen LogP) is 0.200. The highest BCUT2D eigenvalue weighted by Crippen LogP contribution is 2.12. The standard InChI is InChI=1S/C13H15N3O3S/c17-13-10-3-1-2-4-11(10)15-12(16-13)7-14-9-5-6-20(18,19)8-9/h1-4,9,14H,5-8H2,(H,15,16,17). The minimum atomic E-state index is -2.90. The molecular formula is C13H15N3O3S. The number of aromatic nitrogens is 2. The van der Waals surface area contributed by atoms with Gasteiger partial charge in [0.15, 0.2) is 9.84 Å². The smallest absolute Gasteiger partial charge is 0.258 e. The fourth-order valence-corrected chi connectivity index (χ4v) is 4.12. The molecule has 20 heavy (non-hydrogen) atoms. The number of sulfone groups is 1. The summed E-state index contributed by atoms with van der Waals surface area (Å²) < 4.78 is 22.7. The summed E-state index contributed by atoms with van der Waals surface area (Å²) in [4.78, 5) is 19.0. The van der Waals surface area contributed by atoms with Crippen LogP contribution in [0.25, 0.3) is 10.9 Å². The molecular weight excluding hydrogens is 278 g/mol. The minimum absolute atomic E-state index is 0.0585. The zero-order chi connectivity index (χ0) is 14.2. The lowest BCUT2D eigenvalue weighted by Crippen LogP contribution is -2.31. The van der Waals surface area contributed by atoms with E-state index in [4.69, 9.17) is 0 Å². The third-order valence-corrected chi connectivity index (χ3v) is 5.22. The monoisotopic (exact) mass is 293 g/mol. The van der Waals surface area contributed by atoms with E-state index in [0.717, 1.165) is 0 Å². The van der Waals surface area contributed by atoms with Crippen LogP contribution in [0.5, 0.6) is 0 Å². The van der Waals surface area contributed by atoms with Gasteiger partial charge >= 0.3 is 0 Å². The zero-order valence-corrected chi connectivity index (χ0v) is 11.6. The maximum absolute atomic E-state index is 11.9. The van der Waals surface area contributed by atoms with Gasteiger partial charge in [-0.25, -0.2) is 13.4 Å². The Hall–Kier alpha value is -1.73. The number of hydrogen-bond donors (Lipinski definition) is 2. The number of aromatic amines is 1. The third kappa shape index (κ3) is 2.73. The maximum Gasteiger partial charge on any atom is 0.258 e. The van der Waals surface area contributed by atoms with E-state index in [9.17, 15) is 13.2 Å². The Morgan fingerprint density at radius 1 is 1.35 bits per heavy atom. The van der Waals surface area contributed by atoms with Gasteiger partial charge in [-0.05, 0) is 18.6 Å². The Balaban J connectivity index is 1.77. The molecule has 6 nitrogen and oxygen atoms in total. The highest BCUT2D eigenvalue weighted by molar-refractivity contribution is 7.91. The molecule has 1 atom stereocenters. The van der Waals surface area contributed by atoms with Crippen LogP contribution in [0.4, 0.5) is 0 Å². The lowest BCUT2D eigenvalue weighted by atomic mass is 10.2. The summed E-state index contributed by atoms with van der Waals surface area (Å²) >= 11 is 0. The van der Waals surface area contributed by atoms with Crippen molar-refractivity contribution < 1.29 is 8.42 Å². The average Bonchev–Trinajstić information content (AvgIpc) is 2.76. The van der Waals surface area contributed by atoms with Gasteiger partial charge in [0.1, 0.15) is 5.82 Å². The van der Waals surface area contributed by atoms with E-state index in [-0.39, 0.29) is 23.1 Å². The molecule has 0 radical (unpaired) electrons. The van der Waals surface area contributed by atoms with Gasteiger partial charge in [0, 0.05) is 6.04 Å². The second-order valence-corrected chi connectivity index (χ2v) is 7.24. The van der Waals surface area contributed by atoms with Gasteiger partial charge in [0.2, 0.25) is 0 Å². The Labute approximate surface area is 116 Å². The quantitative estimate of drug-likeness (QED) is 0.843. The van der Waals surface area contributed by atoms with Crippen LogP contribution in [-0.4, -0.2) is 35.9 Å². The van der Waals surface area contributed by atoms with Crippen LogP contribution in [0.15, 0.2) is 29.1 Å². The molecule has 2 aromatic rings. The number of nitrogens with zero attached hydrogens (tertiary/aromatic N) is 1. The first kappa shape index (κ1) is 13.3. The number of benzene rings is 1. The summed E-state index contributed by atoms with van der Waals surface area (Å²) in [6.45, 7) is 0.361. The Kier molecular flexibility index (Phi) is 3.31. The van der Waals surface area contributed by atoms with Crippen LogP contribution >= 0.6 is 0 Å². The molecule has 2 heterocycles. The van der Waals surface area contributed by atoms with Crippen LogP contribution in [-0.2, 0) is 16.4 Å². The lowest BCUT2D eigenvalue weighted by Gasteiger charge is -2.10. The van der Waals surface area contributed by atoms with E-state index < -0.39 is 9.84 Å². The molecule has 1 unspecified atom stereocenters. The minimum Gasteiger partial charge on any atom is -0.309 e. The van der Waals surface area contributed by atoms with Crippen molar-refractivity contribution >= 4 is 20.7 Å². The Morgan fingerprint density at radius 3 is 2.90 bits per heavy atom. The molecule has 0 amide bonds. The van der Waals surface area contributed by atoms with Gasteiger partial charge < -0.3 is 10.3 Å².